The normalized spacial score (nSPS) is 10.3. The van der Waals surface area contributed by atoms with Gasteiger partial charge >= 0.3 is 0 Å². The van der Waals surface area contributed by atoms with E-state index in [2.05, 4.69) is 13.0 Å². The molecule has 0 saturated heterocycles. The van der Waals surface area contributed by atoms with E-state index in [-0.39, 0.29) is 9.76 Å². The Kier molecular flexibility index (Phi) is 4.79. The third-order valence-corrected chi connectivity index (χ3v) is 2.92. The molecule has 0 bridgehead atoms. The Morgan fingerprint density at radius 1 is 1.23 bits per heavy atom. The van der Waals surface area contributed by atoms with Gasteiger partial charge in [0.1, 0.15) is 0 Å². The van der Waals surface area contributed by atoms with Crippen molar-refractivity contribution < 1.29 is 4.80 Å². The largest absolute Gasteiger partial charge is 0.428 e. The molecule has 0 saturated carbocycles. The summed E-state index contributed by atoms with van der Waals surface area (Å²) in [5.41, 5.74) is 1.32. The van der Waals surface area contributed by atoms with Gasteiger partial charge in [0.05, 0.1) is 0 Å². The van der Waals surface area contributed by atoms with E-state index >= 15 is 0 Å². The zero-order valence-electron chi connectivity index (χ0n) is 8.09. The lowest BCUT2D eigenvalue weighted by Gasteiger charge is -2.04. The molecule has 70 valence electrons. The molecular weight excluding hydrogens is 176 g/mol. The second kappa shape index (κ2) is 5.94. The molecular formula is C11H16OSi. The number of hydrogen-bond donors (Lipinski definition) is 1. The fourth-order valence-electron chi connectivity index (χ4n) is 1.41. The van der Waals surface area contributed by atoms with Crippen LogP contribution in [0.25, 0.3) is 0 Å². The van der Waals surface area contributed by atoms with Crippen LogP contribution in [0.2, 0.25) is 0 Å². The van der Waals surface area contributed by atoms with Gasteiger partial charge in [-0.15, -0.1) is 0 Å². The highest BCUT2D eigenvalue weighted by molar-refractivity contribution is 6.46. The Labute approximate surface area is 82.7 Å². The summed E-state index contributed by atoms with van der Waals surface area (Å²) in [6.45, 7) is 2.21. The third kappa shape index (κ3) is 3.33. The van der Waals surface area contributed by atoms with Crippen LogP contribution in [-0.2, 0) is 6.42 Å². The Hall–Kier alpha value is -0.603. The van der Waals surface area contributed by atoms with Crippen molar-refractivity contribution in [2.24, 2.45) is 0 Å². The van der Waals surface area contributed by atoms with Gasteiger partial charge in [0.25, 0.3) is 9.76 Å². The van der Waals surface area contributed by atoms with Crippen molar-refractivity contribution in [2.45, 2.75) is 32.6 Å². The van der Waals surface area contributed by atoms with Gasteiger partial charge in [0.2, 0.25) is 0 Å². The Morgan fingerprint density at radius 2 is 2.00 bits per heavy atom. The van der Waals surface area contributed by atoms with Crippen molar-refractivity contribution in [3.05, 3.63) is 29.8 Å². The van der Waals surface area contributed by atoms with Crippen LogP contribution in [0, 0.1) is 0 Å². The number of hydrogen-bond acceptors (Lipinski definition) is 1. The molecule has 0 aliphatic rings. The predicted molar refractivity (Wildman–Crippen MR) is 57.3 cm³/mol. The van der Waals surface area contributed by atoms with E-state index in [0.717, 1.165) is 11.6 Å². The van der Waals surface area contributed by atoms with Crippen molar-refractivity contribution in [3.63, 3.8) is 0 Å². The van der Waals surface area contributed by atoms with Gasteiger partial charge in [-0.1, -0.05) is 44.0 Å². The third-order valence-electron chi connectivity index (χ3n) is 2.19. The van der Waals surface area contributed by atoms with Crippen LogP contribution in [0.3, 0.4) is 0 Å². The molecule has 0 heterocycles. The molecule has 0 aliphatic heterocycles. The maximum absolute atomic E-state index is 9.10. The molecule has 0 unspecified atom stereocenters. The van der Waals surface area contributed by atoms with E-state index in [1.54, 1.807) is 0 Å². The summed E-state index contributed by atoms with van der Waals surface area (Å²) in [6.07, 6.45) is 4.88. The molecule has 0 aliphatic carbocycles. The van der Waals surface area contributed by atoms with Crippen molar-refractivity contribution in [1.82, 2.24) is 0 Å². The van der Waals surface area contributed by atoms with E-state index in [9.17, 15) is 0 Å². The molecule has 1 N–H and O–H groups in total. The highest BCUT2D eigenvalue weighted by Crippen LogP contribution is 2.03. The fourth-order valence-corrected chi connectivity index (χ4v) is 1.94. The lowest BCUT2D eigenvalue weighted by molar-refractivity contribution is 0.614. The molecule has 2 radical (unpaired) electrons. The van der Waals surface area contributed by atoms with E-state index < -0.39 is 0 Å². The molecule has 1 nitrogen and oxygen atoms in total. The molecule has 13 heavy (non-hydrogen) atoms. The second-order valence-corrected chi connectivity index (χ2v) is 3.99. The molecule has 1 aromatic carbocycles. The molecule has 2 heteroatoms. The summed E-state index contributed by atoms with van der Waals surface area (Å²) in [7, 11) is -0.0592. The van der Waals surface area contributed by atoms with Crippen LogP contribution >= 0.6 is 0 Å². The maximum Gasteiger partial charge on any atom is 0.265 e. The first-order valence-corrected chi connectivity index (χ1v) is 5.81. The number of aryl methyl sites for hydroxylation is 1. The lowest BCUT2D eigenvalue weighted by atomic mass is 10.1. The summed E-state index contributed by atoms with van der Waals surface area (Å²) in [4.78, 5) is 9.10. The monoisotopic (exact) mass is 192 g/mol. The van der Waals surface area contributed by atoms with Crippen molar-refractivity contribution >= 4 is 14.9 Å². The van der Waals surface area contributed by atoms with Gasteiger partial charge in [-0.3, -0.25) is 0 Å². The lowest BCUT2D eigenvalue weighted by Crippen LogP contribution is -2.18. The minimum Gasteiger partial charge on any atom is -0.428 e. The fraction of sp³-hybridized carbons (Fsp3) is 0.455. The highest BCUT2D eigenvalue weighted by Gasteiger charge is 2.00. The van der Waals surface area contributed by atoms with Gasteiger partial charge in [-0.25, -0.2) is 0 Å². The minimum atomic E-state index is -0.0592. The molecule has 1 rings (SSSR count). The van der Waals surface area contributed by atoms with Gasteiger partial charge < -0.3 is 4.80 Å². The SMILES string of the molecule is CCCCCc1ccccc1[Si]O. The Bertz CT molecular complexity index is 248. The molecule has 0 aromatic heterocycles. The van der Waals surface area contributed by atoms with Crippen LogP contribution in [0.5, 0.6) is 0 Å². The summed E-state index contributed by atoms with van der Waals surface area (Å²) in [5, 5.41) is 1.11. The first-order chi connectivity index (χ1) is 6.38. The van der Waals surface area contributed by atoms with Gasteiger partial charge in [0.15, 0.2) is 0 Å². The molecule has 0 amide bonds. The summed E-state index contributed by atoms with van der Waals surface area (Å²) < 4.78 is 0. The Morgan fingerprint density at radius 3 is 2.69 bits per heavy atom. The van der Waals surface area contributed by atoms with Crippen molar-refractivity contribution in [1.29, 1.82) is 0 Å². The van der Waals surface area contributed by atoms with Gasteiger partial charge in [-0.2, -0.15) is 0 Å². The van der Waals surface area contributed by atoms with Crippen LogP contribution in [0.1, 0.15) is 31.7 Å². The first kappa shape index (κ1) is 10.5. The molecule has 1 aromatic rings. The van der Waals surface area contributed by atoms with Gasteiger partial charge in [-0.05, 0) is 23.6 Å². The van der Waals surface area contributed by atoms with Crippen molar-refractivity contribution in [2.75, 3.05) is 0 Å². The summed E-state index contributed by atoms with van der Waals surface area (Å²) >= 11 is 0. The standard InChI is InChI=1S/C11H16OSi/c1-2-3-4-7-10-8-5-6-9-11(10)13-12/h5-6,8-9,12H,2-4,7H2,1H3. The highest BCUT2D eigenvalue weighted by atomic mass is 28.2. The number of rotatable bonds is 5. The number of unbranched alkanes of at least 4 members (excludes halogenated alkanes) is 2. The summed E-state index contributed by atoms with van der Waals surface area (Å²) in [6, 6.07) is 8.17. The zero-order valence-corrected chi connectivity index (χ0v) is 9.09. The maximum atomic E-state index is 9.10. The van der Waals surface area contributed by atoms with Crippen LogP contribution in [-0.4, -0.2) is 14.6 Å². The smallest absolute Gasteiger partial charge is 0.265 e. The average Bonchev–Trinajstić information content (AvgIpc) is 2.19. The quantitative estimate of drug-likeness (QED) is 0.555. The minimum absolute atomic E-state index is 0.0592. The first-order valence-electron chi connectivity index (χ1n) is 4.86. The van der Waals surface area contributed by atoms with Crippen LogP contribution < -0.4 is 5.19 Å². The summed E-state index contributed by atoms with van der Waals surface area (Å²) in [5.74, 6) is 0. The van der Waals surface area contributed by atoms with Crippen LogP contribution in [0.4, 0.5) is 0 Å². The van der Waals surface area contributed by atoms with E-state index in [1.165, 1.54) is 24.8 Å². The molecule has 0 spiro atoms. The second-order valence-electron chi connectivity index (χ2n) is 3.23. The number of benzene rings is 1. The average molecular weight is 192 g/mol. The zero-order chi connectivity index (χ0) is 9.52. The van der Waals surface area contributed by atoms with E-state index in [4.69, 9.17) is 4.80 Å². The molecule has 0 atom stereocenters. The van der Waals surface area contributed by atoms with Gasteiger partial charge in [0, 0.05) is 0 Å². The predicted octanol–water partition coefficient (Wildman–Crippen LogP) is 1.66. The van der Waals surface area contributed by atoms with E-state index in [0.29, 0.717) is 0 Å². The Balaban J connectivity index is 2.54. The topological polar surface area (TPSA) is 20.2 Å². The van der Waals surface area contributed by atoms with E-state index in [1.807, 2.05) is 18.2 Å². The van der Waals surface area contributed by atoms with Crippen LogP contribution in [0.15, 0.2) is 24.3 Å². The van der Waals surface area contributed by atoms with Crippen molar-refractivity contribution in [3.8, 4) is 0 Å². The molecule has 0 fully saturated rings.